The highest BCUT2D eigenvalue weighted by molar-refractivity contribution is 5.91. The van der Waals surface area contributed by atoms with E-state index < -0.39 is 0 Å². The zero-order valence-corrected chi connectivity index (χ0v) is 14.3. The Kier molecular flexibility index (Phi) is 4.56. The third-order valence-corrected chi connectivity index (χ3v) is 5.22. The van der Waals surface area contributed by atoms with Crippen LogP contribution in [0.15, 0.2) is 10.6 Å². The van der Waals surface area contributed by atoms with Crippen molar-refractivity contribution < 1.29 is 14.1 Å². The Hall–Kier alpha value is -1.44. The van der Waals surface area contributed by atoms with Crippen LogP contribution in [0.1, 0.15) is 35.0 Å². The molecule has 2 aliphatic heterocycles. The van der Waals surface area contributed by atoms with E-state index >= 15 is 0 Å². The largest absolute Gasteiger partial charge is 0.373 e. The summed E-state index contributed by atoms with van der Waals surface area (Å²) in [6.07, 6.45) is 2.40. The lowest BCUT2D eigenvalue weighted by atomic mass is 10.2. The zero-order valence-electron chi connectivity index (χ0n) is 14.3. The molecule has 0 aromatic carbocycles. The van der Waals surface area contributed by atoms with Crippen molar-refractivity contribution in [3.63, 3.8) is 0 Å². The molecule has 0 bridgehead atoms. The predicted molar refractivity (Wildman–Crippen MR) is 88.1 cm³/mol. The lowest BCUT2D eigenvalue weighted by Gasteiger charge is -2.38. The van der Waals surface area contributed by atoms with Crippen molar-refractivity contribution in [2.24, 2.45) is 0 Å². The van der Waals surface area contributed by atoms with Gasteiger partial charge in [-0.3, -0.25) is 9.69 Å². The van der Waals surface area contributed by atoms with Gasteiger partial charge in [-0.15, -0.1) is 0 Å². The van der Waals surface area contributed by atoms with Gasteiger partial charge in [-0.1, -0.05) is 5.16 Å². The molecule has 0 spiro atoms. The van der Waals surface area contributed by atoms with Crippen LogP contribution in [0.3, 0.4) is 0 Å². The fraction of sp³-hybridized carbons (Fsp3) is 0.765. The van der Waals surface area contributed by atoms with Gasteiger partial charge in [-0.25, -0.2) is 0 Å². The number of amides is 1. The number of hydrogen-bond donors (Lipinski definition) is 0. The Balaban J connectivity index is 1.32. The highest BCUT2D eigenvalue weighted by Crippen LogP contribution is 2.39. The van der Waals surface area contributed by atoms with Gasteiger partial charge in [0.05, 0.1) is 18.4 Å². The monoisotopic (exact) mass is 334 g/mol. The maximum Gasteiger partial charge on any atom is 0.292 e. The second-order valence-electron chi connectivity index (χ2n) is 7.24. The van der Waals surface area contributed by atoms with Crippen LogP contribution in [0, 0.1) is 0 Å². The third kappa shape index (κ3) is 3.63. The fourth-order valence-electron chi connectivity index (χ4n) is 3.45. The molecule has 1 aliphatic carbocycles. The molecule has 0 radical (unpaired) electrons. The number of nitrogens with zero attached hydrogens (tertiary/aromatic N) is 4. The second kappa shape index (κ2) is 6.82. The first-order valence-corrected chi connectivity index (χ1v) is 8.97. The van der Waals surface area contributed by atoms with Crippen LogP contribution in [0.4, 0.5) is 0 Å². The van der Waals surface area contributed by atoms with E-state index in [0.29, 0.717) is 31.4 Å². The van der Waals surface area contributed by atoms with Crippen molar-refractivity contribution in [1.29, 1.82) is 0 Å². The Morgan fingerprint density at radius 2 is 2.04 bits per heavy atom. The number of rotatable bonds is 4. The predicted octanol–water partition coefficient (Wildman–Crippen LogP) is 0.640. The Bertz CT molecular complexity index is 578. The van der Waals surface area contributed by atoms with Gasteiger partial charge in [0.2, 0.25) is 5.76 Å². The molecule has 2 saturated heterocycles. The summed E-state index contributed by atoms with van der Waals surface area (Å²) < 4.78 is 11.2. The highest BCUT2D eigenvalue weighted by atomic mass is 16.5. The molecule has 1 atom stereocenters. The van der Waals surface area contributed by atoms with Crippen molar-refractivity contribution in [3.8, 4) is 0 Å². The molecule has 132 valence electrons. The Labute approximate surface area is 142 Å². The number of morpholine rings is 1. The van der Waals surface area contributed by atoms with E-state index in [1.165, 1.54) is 0 Å². The van der Waals surface area contributed by atoms with Crippen LogP contribution < -0.4 is 0 Å². The molecule has 7 nitrogen and oxygen atoms in total. The summed E-state index contributed by atoms with van der Waals surface area (Å²) in [7, 11) is 2.15. The average molecular weight is 334 g/mol. The fourth-order valence-corrected chi connectivity index (χ4v) is 3.45. The molecular formula is C17H26N4O3. The molecule has 1 amide bonds. The number of likely N-dealkylation sites (N-methyl/N-ethyl adjacent to an activating group) is 1. The van der Waals surface area contributed by atoms with E-state index in [2.05, 4.69) is 22.0 Å². The number of aromatic nitrogens is 1. The summed E-state index contributed by atoms with van der Waals surface area (Å²) in [6.45, 7) is 7.06. The van der Waals surface area contributed by atoms with Crippen molar-refractivity contribution in [3.05, 3.63) is 17.5 Å². The molecule has 1 saturated carbocycles. The van der Waals surface area contributed by atoms with E-state index in [4.69, 9.17) is 9.26 Å². The summed E-state index contributed by atoms with van der Waals surface area (Å²) >= 11 is 0. The van der Waals surface area contributed by atoms with Gasteiger partial charge < -0.3 is 19.1 Å². The van der Waals surface area contributed by atoms with E-state index in [1.807, 2.05) is 11.0 Å². The van der Waals surface area contributed by atoms with Gasteiger partial charge in [0.1, 0.15) is 0 Å². The molecular weight excluding hydrogens is 308 g/mol. The molecule has 1 aromatic heterocycles. The number of piperazine rings is 1. The van der Waals surface area contributed by atoms with E-state index in [0.717, 1.165) is 51.3 Å². The number of ether oxygens (including phenoxy) is 1. The first-order valence-electron chi connectivity index (χ1n) is 8.97. The van der Waals surface area contributed by atoms with Gasteiger partial charge in [-0.2, -0.15) is 0 Å². The normalized spacial score (nSPS) is 26.7. The smallest absolute Gasteiger partial charge is 0.292 e. The summed E-state index contributed by atoms with van der Waals surface area (Å²) in [5.41, 5.74) is 0.931. The number of carbonyl (C=O) groups is 1. The molecule has 1 aromatic rings. The molecule has 7 heteroatoms. The van der Waals surface area contributed by atoms with Gasteiger partial charge in [0.15, 0.2) is 0 Å². The molecule has 3 heterocycles. The maximum atomic E-state index is 12.7. The summed E-state index contributed by atoms with van der Waals surface area (Å²) in [4.78, 5) is 19.3. The first kappa shape index (κ1) is 16.1. The summed E-state index contributed by atoms with van der Waals surface area (Å²) in [5, 5.41) is 4.05. The van der Waals surface area contributed by atoms with Crippen molar-refractivity contribution in [1.82, 2.24) is 19.9 Å². The van der Waals surface area contributed by atoms with Gasteiger partial charge >= 0.3 is 0 Å². The topological polar surface area (TPSA) is 62.0 Å². The molecule has 3 fully saturated rings. The number of carbonyl (C=O) groups excluding carboxylic acids is 1. The highest BCUT2D eigenvalue weighted by Gasteiger charge is 2.32. The van der Waals surface area contributed by atoms with E-state index in [9.17, 15) is 4.79 Å². The van der Waals surface area contributed by atoms with Crippen LogP contribution in [0.5, 0.6) is 0 Å². The Morgan fingerprint density at radius 3 is 2.79 bits per heavy atom. The minimum Gasteiger partial charge on any atom is -0.373 e. The van der Waals surface area contributed by atoms with Crippen molar-refractivity contribution in [2.75, 3.05) is 59.5 Å². The third-order valence-electron chi connectivity index (χ3n) is 5.22. The summed E-state index contributed by atoms with van der Waals surface area (Å²) in [5.74, 6) is 0.822. The van der Waals surface area contributed by atoms with E-state index in [-0.39, 0.29) is 12.0 Å². The summed E-state index contributed by atoms with van der Waals surface area (Å²) in [6, 6.07) is 1.82. The second-order valence-corrected chi connectivity index (χ2v) is 7.24. The quantitative estimate of drug-likeness (QED) is 0.805. The molecule has 24 heavy (non-hydrogen) atoms. The van der Waals surface area contributed by atoms with Gasteiger partial charge in [-0.05, 0) is 19.9 Å². The van der Waals surface area contributed by atoms with Crippen LogP contribution in [-0.4, -0.2) is 91.3 Å². The van der Waals surface area contributed by atoms with Crippen LogP contribution >= 0.6 is 0 Å². The maximum absolute atomic E-state index is 12.7. The molecule has 4 rings (SSSR count). The zero-order chi connectivity index (χ0) is 16.5. The van der Waals surface area contributed by atoms with Crippen molar-refractivity contribution in [2.45, 2.75) is 24.9 Å². The SMILES string of the molecule is CN1CCN(CC2CN(C(=O)c3cc(C4CC4)no3)CCO2)CC1. The standard InChI is InChI=1S/C17H26N4O3/c1-19-4-6-20(7-5-19)11-14-12-21(8-9-23-14)17(22)16-10-15(18-24-16)13-2-3-13/h10,13-14H,2-9,11-12H2,1H3. The van der Waals surface area contributed by atoms with Crippen LogP contribution in [0.25, 0.3) is 0 Å². The van der Waals surface area contributed by atoms with Gasteiger partial charge in [0.25, 0.3) is 5.91 Å². The van der Waals surface area contributed by atoms with Crippen LogP contribution in [-0.2, 0) is 4.74 Å². The lowest BCUT2D eigenvalue weighted by molar-refractivity contribution is -0.0408. The molecule has 0 N–H and O–H groups in total. The first-order chi connectivity index (χ1) is 11.7. The lowest BCUT2D eigenvalue weighted by Crippen LogP contribution is -2.52. The van der Waals surface area contributed by atoms with Crippen LogP contribution in [0.2, 0.25) is 0 Å². The van der Waals surface area contributed by atoms with Crippen molar-refractivity contribution >= 4 is 5.91 Å². The number of hydrogen-bond acceptors (Lipinski definition) is 6. The van der Waals surface area contributed by atoms with E-state index in [1.54, 1.807) is 0 Å². The minimum absolute atomic E-state index is 0.0546. The van der Waals surface area contributed by atoms with Gasteiger partial charge in [0, 0.05) is 57.8 Å². The minimum atomic E-state index is -0.0546. The average Bonchev–Trinajstić information content (AvgIpc) is 3.34. The molecule has 3 aliphatic rings. The Morgan fingerprint density at radius 1 is 1.25 bits per heavy atom. The molecule has 1 unspecified atom stereocenters.